The molecular formula is C18H19F3N3O4+. The highest BCUT2D eigenvalue weighted by Crippen LogP contribution is 2.32. The lowest BCUT2D eigenvalue weighted by molar-refractivity contribution is -0.363. The largest absolute Gasteiger partial charge is 0.484 e. The number of carbonyl (C=O) groups excluding carboxylic acids is 2. The number of alkyl halides is 3. The van der Waals surface area contributed by atoms with Crippen LogP contribution in [0.2, 0.25) is 0 Å². The van der Waals surface area contributed by atoms with Crippen molar-refractivity contribution in [1.82, 2.24) is 5.32 Å². The zero-order chi connectivity index (χ0) is 20.8. The lowest BCUT2D eigenvalue weighted by Crippen LogP contribution is -2.70. The first-order chi connectivity index (χ1) is 13.2. The third kappa shape index (κ3) is 4.90. The molecule has 0 aliphatic rings. The lowest BCUT2D eigenvalue weighted by Gasteiger charge is -2.30. The van der Waals surface area contributed by atoms with Crippen LogP contribution in [0, 0.1) is 6.92 Å². The summed E-state index contributed by atoms with van der Waals surface area (Å²) in [6.07, 6.45) is -3.84. The molecule has 1 atom stereocenters. The van der Waals surface area contributed by atoms with Gasteiger partial charge in [-0.05, 0) is 30.7 Å². The van der Waals surface area contributed by atoms with Crippen molar-refractivity contribution < 1.29 is 37.2 Å². The number of benzene rings is 1. The number of aromatic nitrogens is 1. The fourth-order valence-electron chi connectivity index (χ4n) is 2.31. The van der Waals surface area contributed by atoms with Crippen molar-refractivity contribution >= 4 is 17.7 Å². The maximum atomic E-state index is 13.9. The van der Waals surface area contributed by atoms with E-state index in [1.807, 2.05) is 5.32 Å². The van der Waals surface area contributed by atoms with Crippen LogP contribution < -0.4 is 20.4 Å². The molecule has 0 aliphatic heterocycles. The molecule has 2 aromatic rings. The minimum Gasteiger partial charge on any atom is -0.484 e. The van der Waals surface area contributed by atoms with Gasteiger partial charge >= 0.3 is 17.8 Å². The fraction of sp³-hybridized carbons (Fsp3) is 0.278. The van der Waals surface area contributed by atoms with Crippen LogP contribution in [-0.2, 0) is 14.3 Å². The number of aryl methyl sites for hydroxylation is 1. The van der Waals surface area contributed by atoms with Crippen LogP contribution in [0.1, 0.15) is 5.56 Å². The predicted octanol–water partition coefficient (Wildman–Crippen LogP) is 1.85. The number of ether oxygens (including phenoxy) is 2. The van der Waals surface area contributed by atoms with Gasteiger partial charge in [-0.15, -0.1) is 0 Å². The van der Waals surface area contributed by atoms with E-state index in [0.29, 0.717) is 5.56 Å². The van der Waals surface area contributed by atoms with Crippen LogP contribution in [0.25, 0.3) is 0 Å². The molecule has 0 unspecified atom stereocenters. The summed E-state index contributed by atoms with van der Waals surface area (Å²) in [6.45, 7) is 0.913. The van der Waals surface area contributed by atoms with Crippen molar-refractivity contribution in [2.24, 2.45) is 0 Å². The second-order valence-electron chi connectivity index (χ2n) is 5.79. The SMILES string of the molecule is COC(=O)[C@@](NC(=O)COc1ccccc1)(Nc1cc(C)cc[nH+]1)C(F)(F)F. The van der Waals surface area contributed by atoms with Crippen molar-refractivity contribution in [2.75, 3.05) is 19.0 Å². The number of anilines is 1. The van der Waals surface area contributed by atoms with Crippen LogP contribution in [0.15, 0.2) is 48.7 Å². The number of aromatic amines is 1. The van der Waals surface area contributed by atoms with Crippen molar-refractivity contribution in [3.05, 3.63) is 54.2 Å². The number of nitrogens with one attached hydrogen (secondary N) is 3. The summed E-state index contributed by atoms with van der Waals surface area (Å²) >= 11 is 0. The number of hydrogen-bond acceptors (Lipinski definition) is 5. The Balaban J connectivity index is 2.28. The molecule has 0 saturated carbocycles. The first kappa shape index (κ1) is 21.0. The van der Waals surface area contributed by atoms with Gasteiger partial charge in [-0.1, -0.05) is 18.2 Å². The normalized spacial score (nSPS) is 13.2. The minimum atomic E-state index is -5.22. The quantitative estimate of drug-likeness (QED) is 0.549. The van der Waals surface area contributed by atoms with E-state index >= 15 is 0 Å². The number of hydrogen-bond donors (Lipinski definition) is 2. The molecule has 1 aromatic heterocycles. The van der Waals surface area contributed by atoms with Gasteiger partial charge in [0.25, 0.3) is 11.7 Å². The Labute approximate surface area is 158 Å². The zero-order valence-corrected chi connectivity index (χ0v) is 15.1. The van der Waals surface area contributed by atoms with Crippen LogP contribution in [0.4, 0.5) is 19.0 Å². The number of para-hydroxylation sites is 1. The number of rotatable bonds is 7. The smallest absolute Gasteiger partial charge is 0.464 e. The van der Waals surface area contributed by atoms with E-state index in [-0.39, 0.29) is 11.6 Å². The Morgan fingerprint density at radius 2 is 1.82 bits per heavy atom. The molecule has 10 heteroatoms. The van der Waals surface area contributed by atoms with Gasteiger partial charge in [0, 0.05) is 6.07 Å². The average Bonchev–Trinajstić information content (AvgIpc) is 2.65. The lowest BCUT2D eigenvalue weighted by atomic mass is 10.1. The topological polar surface area (TPSA) is 90.8 Å². The Morgan fingerprint density at radius 3 is 2.39 bits per heavy atom. The molecule has 3 N–H and O–H groups in total. The van der Waals surface area contributed by atoms with E-state index in [2.05, 4.69) is 9.72 Å². The van der Waals surface area contributed by atoms with Crippen LogP contribution in [-0.4, -0.2) is 37.4 Å². The van der Waals surface area contributed by atoms with Crippen molar-refractivity contribution in [3.63, 3.8) is 0 Å². The van der Waals surface area contributed by atoms with Gasteiger partial charge in [0.1, 0.15) is 5.75 Å². The molecule has 0 radical (unpaired) electrons. The molecule has 7 nitrogen and oxygen atoms in total. The highest BCUT2D eigenvalue weighted by Gasteiger charge is 2.67. The van der Waals surface area contributed by atoms with E-state index < -0.39 is 30.3 Å². The van der Waals surface area contributed by atoms with Gasteiger partial charge < -0.3 is 9.47 Å². The summed E-state index contributed by atoms with van der Waals surface area (Å²) in [5.74, 6) is -2.77. The molecule has 1 aromatic carbocycles. The third-order valence-corrected chi connectivity index (χ3v) is 3.64. The summed E-state index contributed by atoms with van der Waals surface area (Å²) in [5.41, 5.74) is -2.88. The number of amides is 1. The molecule has 0 fully saturated rings. The first-order valence-electron chi connectivity index (χ1n) is 8.08. The van der Waals surface area contributed by atoms with Crippen LogP contribution in [0.5, 0.6) is 5.75 Å². The van der Waals surface area contributed by atoms with E-state index in [1.165, 1.54) is 24.4 Å². The summed E-state index contributed by atoms with van der Waals surface area (Å²) in [7, 11) is 0.789. The van der Waals surface area contributed by atoms with Crippen LogP contribution >= 0.6 is 0 Å². The van der Waals surface area contributed by atoms with Crippen molar-refractivity contribution in [2.45, 2.75) is 18.8 Å². The van der Waals surface area contributed by atoms with E-state index in [1.54, 1.807) is 36.5 Å². The number of esters is 1. The van der Waals surface area contributed by atoms with Crippen LogP contribution in [0.3, 0.4) is 0 Å². The number of carbonyl (C=O) groups is 2. The third-order valence-electron chi connectivity index (χ3n) is 3.64. The van der Waals surface area contributed by atoms with Gasteiger partial charge in [-0.2, -0.15) is 13.2 Å². The molecule has 0 aliphatic carbocycles. The molecule has 0 spiro atoms. The van der Waals surface area contributed by atoms with Gasteiger partial charge in [0.2, 0.25) is 0 Å². The monoisotopic (exact) mass is 398 g/mol. The van der Waals surface area contributed by atoms with E-state index in [0.717, 1.165) is 7.11 Å². The highest BCUT2D eigenvalue weighted by atomic mass is 19.4. The summed E-state index contributed by atoms with van der Waals surface area (Å²) in [4.78, 5) is 26.8. The molecule has 1 amide bonds. The molecular weight excluding hydrogens is 379 g/mol. The maximum absolute atomic E-state index is 13.9. The van der Waals surface area contributed by atoms with E-state index in [9.17, 15) is 22.8 Å². The second-order valence-corrected chi connectivity index (χ2v) is 5.79. The second kappa shape index (κ2) is 8.59. The molecule has 150 valence electrons. The molecule has 0 bridgehead atoms. The number of H-pyrrole nitrogens is 1. The fourth-order valence-corrected chi connectivity index (χ4v) is 2.31. The molecule has 0 saturated heterocycles. The van der Waals surface area contributed by atoms with Gasteiger partial charge in [-0.25, -0.2) is 15.1 Å². The first-order valence-corrected chi connectivity index (χ1v) is 8.08. The Hall–Kier alpha value is -3.30. The number of methoxy groups -OCH3 is 1. The summed E-state index contributed by atoms with van der Waals surface area (Å²) in [6, 6.07) is 11.0. The number of halogens is 3. The summed E-state index contributed by atoms with van der Waals surface area (Å²) in [5, 5.41) is 3.68. The standard InChI is InChI=1S/C18H18F3N3O4/c1-12-8-9-22-14(10-12)23-17(16(26)27-2,18(19,20)21)24-15(25)11-28-13-6-4-3-5-7-13/h3-10H,11H2,1-2H3,(H,22,23)(H,24,25)/p+1/t17-/m0/s1. The van der Waals surface area contributed by atoms with Gasteiger partial charge in [0.15, 0.2) is 6.61 Å². The molecule has 1 heterocycles. The zero-order valence-electron chi connectivity index (χ0n) is 15.1. The van der Waals surface area contributed by atoms with Crippen molar-refractivity contribution in [3.8, 4) is 5.75 Å². The maximum Gasteiger partial charge on any atom is 0.464 e. The minimum absolute atomic E-state index is 0.146. The Kier molecular flexibility index (Phi) is 6.45. The van der Waals surface area contributed by atoms with E-state index in [4.69, 9.17) is 4.74 Å². The Morgan fingerprint density at radius 1 is 1.14 bits per heavy atom. The summed E-state index contributed by atoms with van der Waals surface area (Å²) < 4.78 is 51.1. The highest BCUT2D eigenvalue weighted by molar-refractivity contribution is 5.91. The predicted molar refractivity (Wildman–Crippen MR) is 92.2 cm³/mol. The van der Waals surface area contributed by atoms with Gasteiger partial charge in [-0.3, -0.25) is 10.1 Å². The Bertz CT molecular complexity index is 830. The number of pyridine rings is 1. The van der Waals surface area contributed by atoms with Gasteiger partial charge in [0.05, 0.1) is 13.3 Å². The average molecular weight is 398 g/mol. The molecule has 28 heavy (non-hydrogen) atoms. The molecule has 2 rings (SSSR count). The van der Waals surface area contributed by atoms with Crippen molar-refractivity contribution in [1.29, 1.82) is 0 Å².